The Hall–Kier alpha value is -1.93. The maximum Gasteiger partial charge on any atom is 0.261 e. The molecule has 0 unspecified atom stereocenters. The summed E-state index contributed by atoms with van der Waals surface area (Å²) in [5.74, 6) is -1.05. The number of hydrogen-bond acceptors (Lipinski definition) is 3. The van der Waals surface area contributed by atoms with Gasteiger partial charge >= 0.3 is 0 Å². The van der Waals surface area contributed by atoms with E-state index in [1.54, 1.807) is 24.3 Å². The minimum absolute atomic E-state index is 0.288. The van der Waals surface area contributed by atoms with Gasteiger partial charge in [-0.2, -0.15) is 0 Å². The number of benzene rings is 2. The van der Waals surface area contributed by atoms with Crippen molar-refractivity contribution in [3.05, 3.63) is 61.7 Å². The molecule has 7 heteroatoms. The molecule has 1 N–H and O–H groups in total. The summed E-state index contributed by atoms with van der Waals surface area (Å²) in [5, 5.41) is 3.19. The summed E-state index contributed by atoms with van der Waals surface area (Å²) in [5.41, 5.74) is 1.52. The van der Waals surface area contributed by atoms with Gasteiger partial charge in [-0.1, -0.05) is 11.6 Å². The fraction of sp³-hybridized carbons (Fsp3) is 0.0625. The highest BCUT2D eigenvalue weighted by atomic mass is 127. The van der Waals surface area contributed by atoms with Gasteiger partial charge in [0, 0.05) is 21.3 Å². The number of anilines is 1. The molecule has 5 nitrogen and oxygen atoms in total. The average Bonchev–Trinajstić information content (AvgIpc) is 2.74. The second-order valence-corrected chi connectivity index (χ2v) is 6.61. The fourth-order valence-corrected chi connectivity index (χ4v) is 3.06. The number of amides is 3. The van der Waals surface area contributed by atoms with Gasteiger partial charge in [0.25, 0.3) is 17.7 Å². The first-order valence-electron chi connectivity index (χ1n) is 6.61. The molecule has 0 saturated carbocycles. The molecule has 1 aliphatic heterocycles. The van der Waals surface area contributed by atoms with Gasteiger partial charge < -0.3 is 5.32 Å². The summed E-state index contributed by atoms with van der Waals surface area (Å²) in [4.78, 5) is 37.2. The van der Waals surface area contributed by atoms with Crippen LogP contribution in [0.4, 0.5) is 5.69 Å². The molecule has 3 amide bonds. The molecule has 0 saturated heterocycles. The van der Waals surface area contributed by atoms with Crippen molar-refractivity contribution in [1.29, 1.82) is 0 Å². The highest BCUT2D eigenvalue weighted by Gasteiger charge is 2.32. The van der Waals surface area contributed by atoms with E-state index in [2.05, 4.69) is 5.32 Å². The number of carbonyl (C=O) groups is 3. The van der Waals surface area contributed by atoms with Crippen LogP contribution in [-0.2, 0) is 0 Å². The number of nitrogens with one attached hydrogen (secondary N) is 1. The van der Waals surface area contributed by atoms with E-state index in [4.69, 9.17) is 11.6 Å². The topological polar surface area (TPSA) is 66.5 Å². The predicted molar refractivity (Wildman–Crippen MR) is 95.0 cm³/mol. The molecule has 0 aromatic heterocycles. The smallest absolute Gasteiger partial charge is 0.261 e. The van der Waals surface area contributed by atoms with E-state index in [1.807, 2.05) is 22.6 Å². The van der Waals surface area contributed by atoms with E-state index in [0.29, 0.717) is 21.8 Å². The SMILES string of the molecule is CN1C(=O)c2ccc(NC(=O)c3cc(Cl)ccc3I)cc2C1=O. The lowest BCUT2D eigenvalue weighted by atomic mass is 10.1. The lowest BCUT2D eigenvalue weighted by molar-refractivity contribution is 0.0692. The van der Waals surface area contributed by atoms with Crippen molar-refractivity contribution in [2.24, 2.45) is 0 Å². The van der Waals surface area contributed by atoms with Gasteiger partial charge in [-0.05, 0) is 59.0 Å². The molecule has 1 heterocycles. The summed E-state index contributed by atoms with van der Waals surface area (Å²) in [7, 11) is 1.43. The van der Waals surface area contributed by atoms with Crippen molar-refractivity contribution >= 4 is 57.6 Å². The van der Waals surface area contributed by atoms with Crippen LogP contribution in [0, 0.1) is 3.57 Å². The number of fused-ring (bicyclic) bond motifs is 1. The van der Waals surface area contributed by atoms with Crippen molar-refractivity contribution in [2.45, 2.75) is 0 Å². The zero-order valence-electron chi connectivity index (χ0n) is 11.9. The van der Waals surface area contributed by atoms with E-state index in [-0.39, 0.29) is 23.3 Å². The molecule has 23 heavy (non-hydrogen) atoms. The van der Waals surface area contributed by atoms with Gasteiger partial charge in [0.15, 0.2) is 0 Å². The summed E-state index contributed by atoms with van der Waals surface area (Å²) in [6.45, 7) is 0. The van der Waals surface area contributed by atoms with Crippen LogP contribution in [-0.4, -0.2) is 29.7 Å². The Kier molecular flexibility index (Phi) is 4.11. The van der Waals surface area contributed by atoms with Crippen LogP contribution in [0.5, 0.6) is 0 Å². The van der Waals surface area contributed by atoms with Crippen LogP contribution in [0.1, 0.15) is 31.1 Å². The van der Waals surface area contributed by atoms with Crippen LogP contribution < -0.4 is 5.32 Å². The largest absolute Gasteiger partial charge is 0.322 e. The van der Waals surface area contributed by atoms with Crippen molar-refractivity contribution in [2.75, 3.05) is 12.4 Å². The molecule has 1 aliphatic rings. The van der Waals surface area contributed by atoms with Gasteiger partial charge in [0.05, 0.1) is 16.7 Å². The predicted octanol–water partition coefficient (Wildman–Crippen LogP) is 3.42. The van der Waals surface area contributed by atoms with Gasteiger partial charge in [0.2, 0.25) is 0 Å². The van der Waals surface area contributed by atoms with E-state index >= 15 is 0 Å². The van der Waals surface area contributed by atoms with E-state index < -0.39 is 0 Å². The molecule has 116 valence electrons. The monoisotopic (exact) mass is 440 g/mol. The van der Waals surface area contributed by atoms with Crippen LogP contribution in [0.15, 0.2) is 36.4 Å². The maximum atomic E-state index is 12.4. The summed E-state index contributed by atoms with van der Waals surface area (Å²) >= 11 is 7.97. The number of halogens is 2. The summed E-state index contributed by atoms with van der Waals surface area (Å²) in [6.07, 6.45) is 0. The maximum absolute atomic E-state index is 12.4. The molecule has 0 aliphatic carbocycles. The molecule has 2 aromatic rings. The van der Waals surface area contributed by atoms with Crippen LogP contribution >= 0.6 is 34.2 Å². The normalized spacial score (nSPS) is 13.3. The van der Waals surface area contributed by atoms with Gasteiger partial charge in [-0.3, -0.25) is 19.3 Å². The number of nitrogens with zero attached hydrogens (tertiary/aromatic N) is 1. The van der Waals surface area contributed by atoms with Crippen molar-refractivity contribution in [1.82, 2.24) is 4.90 Å². The van der Waals surface area contributed by atoms with Gasteiger partial charge in [0.1, 0.15) is 0 Å². The van der Waals surface area contributed by atoms with Crippen molar-refractivity contribution in [3.8, 4) is 0 Å². The Labute approximate surface area is 150 Å². The zero-order valence-corrected chi connectivity index (χ0v) is 14.8. The molecule has 0 spiro atoms. The van der Waals surface area contributed by atoms with Crippen LogP contribution in [0.25, 0.3) is 0 Å². The Morgan fingerprint density at radius 3 is 2.52 bits per heavy atom. The first-order valence-corrected chi connectivity index (χ1v) is 8.07. The average molecular weight is 441 g/mol. The summed E-state index contributed by atoms with van der Waals surface area (Å²) in [6, 6.07) is 9.67. The second-order valence-electron chi connectivity index (χ2n) is 5.01. The van der Waals surface area contributed by atoms with Gasteiger partial charge in [-0.25, -0.2) is 0 Å². The molecule has 3 rings (SSSR count). The Morgan fingerprint density at radius 1 is 1.09 bits per heavy atom. The van der Waals surface area contributed by atoms with E-state index in [1.165, 1.54) is 19.2 Å². The number of rotatable bonds is 2. The standard InChI is InChI=1S/C16H10ClIN2O3/c1-20-15(22)10-4-3-9(7-11(10)16(20)23)19-14(21)12-6-8(17)2-5-13(12)18/h2-7H,1H3,(H,19,21). The number of imide groups is 1. The lowest BCUT2D eigenvalue weighted by Gasteiger charge is -2.08. The first-order chi connectivity index (χ1) is 10.9. The summed E-state index contributed by atoms with van der Waals surface area (Å²) < 4.78 is 0.761. The minimum Gasteiger partial charge on any atom is -0.322 e. The van der Waals surface area contributed by atoms with E-state index in [0.717, 1.165) is 8.47 Å². The molecular formula is C16H10ClIN2O3. The van der Waals surface area contributed by atoms with Crippen LogP contribution in [0.2, 0.25) is 5.02 Å². The third-order valence-corrected chi connectivity index (χ3v) is 4.70. The van der Waals surface area contributed by atoms with E-state index in [9.17, 15) is 14.4 Å². The van der Waals surface area contributed by atoms with Crippen molar-refractivity contribution in [3.63, 3.8) is 0 Å². The first kappa shape index (κ1) is 15.9. The lowest BCUT2D eigenvalue weighted by Crippen LogP contribution is -2.24. The Balaban J connectivity index is 1.90. The highest BCUT2D eigenvalue weighted by molar-refractivity contribution is 14.1. The number of hydrogen-bond donors (Lipinski definition) is 1. The highest BCUT2D eigenvalue weighted by Crippen LogP contribution is 2.25. The second kappa shape index (κ2) is 5.93. The molecule has 0 bridgehead atoms. The van der Waals surface area contributed by atoms with Crippen LogP contribution in [0.3, 0.4) is 0 Å². The third kappa shape index (κ3) is 2.84. The molecular weight excluding hydrogens is 431 g/mol. The Bertz CT molecular complexity index is 866. The quantitative estimate of drug-likeness (QED) is 0.575. The molecule has 2 aromatic carbocycles. The number of carbonyl (C=O) groups excluding carboxylic acids is 3. The molecule has 0 radical (unpaired) electrons. The third-order valence-electron chi connectivity index (χ3n) is 3.52. The Morgan fingerprint density at radius 2 is 1.78 bits per heavy atom. The van der Waals surface area contributed by atoms with Crippen molar-refractivity contribution < 1.29 is 14.4 Å². The zero-order chi connectivity index (χ0) is 16.7. The molecule has 0 atom stereocenters. The molecule has 0 fully saturated rings. The fourth-order valence-electron chi connectivity index (χ4n) is 2.31. The van der Waals surface area contributed by atoms with Gasteiger partial charge in [-0.15, -0.1) is 0 Å². The minimum atomic E-state index is -0.376.